The quantitative estimate of drug-likeness (QED) is 0.454. The van der Waals surface area contributed by atoms with Gasteiger partial charge in [-0.1, -0.05) is 36.9 Å². The molecule has 0 saturated carbocycles. The molecule has 1 heterocycles. The van der Waals surface area contributed by atoms with Crippen molar-refractivity contribution in [2.45, 2.75) is 17.9 Å². The molecule has 1 saturated heterocycles. The summed E-state index contributed by atoms with van der Waals surface area (Å²) in [7, 11) is -4.17. The van der Waals surface area contributed by atoms with Crippen molar-refractivity contribution in [3.63, 3.8) is 0 Å². The lowest BCUT2D eigenvalue weighted by Crippen LogP contribution is -2.40. The van der Waals surface area contributed by atoms with Gasteiger partial charge in [-0.05, 0) is 42.2 Å². The normalized spacial score (nSPS) is 16.3. The Morgan fingerprint density at radius 1 is 1.05 bits per heavy atom. The molecule has 0 aliphatic carbocycles. The predicted molar refractivity (Wildman–Crippen MR) is 140 cm³/mol. The van der Waals surface area contributed by atoms with Crippen LogP contribution in [0.2, 0.25) is 0 Å². The molecule has 0 spiro atoms. The Morgan fingerprint density at radius 2 is 1.70 bits per heavy atom. The van der Waals surface area contributed by atoms with E-state index in [1.165, 1.54) is 38.4 Å². The molecule has 2 amide bonds. The zero-order valence-corrected chi connectivity index (χ0v) is 22.5. The molecular formula is C25H32N4O6S2. The van der Waals surface area contributed by atoms with Crippen molar-refractivity contribution >= 4 is 31.9 Å². The topological polar surface area (TPSA) is 124 Å². The van der Waals surface area contributed by atoms with Gasteiger partial charge in [0, 0.05) is 51.2 Å². The lowest BCUT2D eigenvalue weighted by atomic mass is 10.1. The maximum Gasteiger partial charge on any atom is 0.254 e. The second kappa shape index (κ2) is 12.0. The van der Waals surface area contributed by atoms with Crippen molar-refractivity contribution in [2.24, 2.45) is 5.92 Å². The average Bonchev–Trinajstić information content (AvgIpc) is 3.37. The lowest BCUT2D eigenvalue weighted by molar-refractivity contribution is -0.129. The summed E-state index contributed by atoms with van der Waals surface area (Å²) >= 11 is 0. The first-order chi connectivity index (χ1) is 17.4. The molecule has 37 heavy (non-hydrogen) atoms. The van der Waals surface area contributed by atoms with Crippen LogP contribution in [0.25, 0.3) is 0 Å². The first kappa shape index (κ1) is 28.5. The molecule has 1 aliphatic rings. The van der Waals surface area contributed by atoms with E-state index in [9.17, 15) is 26.4 Å². The number of hydrogen-bond acceptors (Lipinski definition) is 6. The Labute approximate surface area is 218 Å². The van der Waals surface area contributed by atoms with Gasteiger partial charge in [0.2, 0.25) is 26.0 Å². The number of nitrogens with zero attached hydrogens (tertiary/aromatic N) is 3. The minimum absolute atomic E-state index is 0.0374. The van der Waals surface area contributed by atoms with Crippen LogP contribution >= 0.6 is 0 Å². The smallest absolute Gasteiger partial charge is 0.254 e. The molecule has 1 N–H and O–H groups in total. The number of carbonyl (C=O) groups is 2. The van der Waals surface area contributed by atoms with Crippen LogP contribution in [0.5, 0.6) is 0 Å². The Hall–Kier alpha value is -3.06. The van der Waals surface area contributed by atoms with Gasteiger partial charge in [-0.15, -0.1) is 0 Å². The zero-order valence-electron chi connectivity index (χ0n) is 20.9. The van der Waals surface area contributed by atoms with Crippen molar-refractivity contribution in [2.75, 3.05) is 40.3 Å². The standard InChI is InChI=1S/C25H32N4O6S2/c1-4-36(32,33)26-16-21-14-15-29(18-21)37(34,35)23-12-10-22(11-13-23)25(31)28(19-24(30)27(2)3)17-20-8-6-5-7-9-20/h4-13,21,26H,1,14-19H2,2-3H3/t21-/m1/s1. The van der Waals surface area contributed by atoms with E-state index in [-0.39, 0.29) is 55.0 Å². The molecule has 0 bridgehead atoms. The van der Waals surface area contributed by atoms with Crippen LogP contribution in [-0.4, -0.2) is 83.0 Å². The fourth-order valence-corrected chi connectivity index (χ4v) is 6.00. The van der Waals surface area contributed by atoms with Gasteiger partial charge >= 0.3 is 0 Å². The number of rotatable bonds is 11. The largest absolute Gasteiger partial charge is 0.347 e. The first-order valence-electron chi connectivity index (χ1n) is 11.7. The number of amides is 2. The van der Waals surface area contributed by atoms with Crippen LogP contribution in [0.4, 0.5) is 0 Å². The molecule has 1 fully saturated rings. The molecule has 0 radical (unpaired) electrons. The van der Waals surface area contributed by atoms with E-state index in [1.54, 1.807) is 14.1 Å². The summed E-state index contributed by atoms with van der Waals surface area (Å²) in [6.07, 6.45) is 0.518. The lowest BCUT2D eigenvalue weighted by Gasteiger charge is -2.24. The van der Waals surface area contributed by atoms with E-state index in [0.717, 1.165) is 11.0 Å². The van der Waals surface area contributed by atoms with Gasteiger partial charge in [0.15, 0.2) is 0 Å². The van der Waals surface area contributed by atoms with Crippen LogP contribution in [-0.2, 0) is 31.4 Å². The van der Waals surface area contributed by atoms with E-state index >= 15 is 0 Å². The van der Waals surface area contributed by atoms with E-state index in [4.69, 9.17) is 0 Å². The number of likely N-dealkylation sites (N-methyl/N-ethyl adjacent to an activating group) is 1. The highest BCUT2D eigenvalue weighted by molar-refractivity contribution is 7.92. The van der Waals surface area contributed by atoms with Gasteiger partial charge < -0.3 is 9.80 Å². The van der Waals surface area contributed by atoms with E-state index in [1.807, 2.05) is 30.3 Å². The molecule has 10 nitrogen and oxygen atoms in total. The van der Waals surface area contributed by atoms with Crippen molar-refractivity contribution < 1.29 is 26.4 Å². The summed E-state index contributed by atoms with van der Waals surface area (Å²) in [5.74, 6) is -0.785. The highest BCUT2D eigenvalue weighted by Gasteiger charge is 2.33. The second-order valence-electron chi connectivity index (χ2n) is 9.04. The molecule has 2 aromatic rings. The van der Waals surface area contributed by atoms with Crippen LogP contribution in [0.1, 0.15) is 22.3 Å². The van der Waals surface area contributed by atoms with Gasteiger partial charge in [-0.25, -0.2) is 21.6 Å². The molecule has 1 atom stereocenters. The van der Waals surface area contributed by atoms with Crippen molar-refractivity contribution in [1.29, 1.82) is 0 Å². The second-order valence-corrected chi connectivity index (χ2v) is 12.7. The van der Waals surface area contributed by atoms with Gasteiger partial charge in [-0.3, -0.25) is 9.59 Å². The van der Waals surface area contributed by atoms with Gasteiger partial charge in [0.25, 0.3) is 5.91 Å². The minimum Gasteiger partial charge on any atom is -0.347 e. The minimum atomic E-state index is -3.82. The number of sulfonamides is 2. The number of nitrogens with one attached hydrogen (secondary N) is 1. The molecule has 0 aromatic heterocycles. The molecule has 12 heteroatoms. The average molecular weight is 549 g/mol. The molecular weight excluding hydrogens is 516 g/mol. The van der Waals surface area contributed by atoms with E-state index in [2.05, 4.69) is 11.3 Å². The Balaban J connectivity index is 1.72. The Morgan fingerprint density at radius 3 is 2.30 bits per heavy atom. The predicted octanol–water partition coefficient (Wildman–Crippen LogP) is 1.49. The Kier molecular flexibility index (Phi) is 9.24. The molecule has 2 aromatic carbocycles. The zero-order chi connectivity index (χ0) is 27.2. The first-order valence-corrected chi connectivity index (χ1v) is 14.7. The van der Waals surface area contributed by atoms with Crippen LogP contribution < -0.4 is 4.72 Å². The van der Waals surface area contributed by atoms with Crippen LogP contribution in [0.3, 0.4) is 0 Å². The highest BCUT2D eigenvalue weighted by Crippen LogP contribution is 2.25. The molecule has 200 valence electrons. The highest BCUT2D eigenvalue weighted by atomic mass is 32.2. The maximum atomic E-state index is 13.3. The summed E-state index contributed by atoms with van der Waals surface area (Å²) in [6, 6.07) is 14.9. The molecule has 0 unspecified atom stereocenters. The van der Waals surface area contributed by atoms with Gasteiger partial charge in [-0.2, -0.15) is 4.31 Å². The Bertz CT molecular complexity index is 1330. The summed E-state index contributed by atoms with van der Waals surface area (Å²) in [6.45, 7) is 3.92. The summed E-state index contributed by atoms with van der Waals surface area (Å²) in [5, 5.41) is 0.816. The summed E-state index contributed by atoms with van der Waals surface area (Å²) in [5.41, 5.74) is 1.13. The van der Waals surface area contributed by atoms with Gasteiger partial charge in [0.05, 0.1) is 4.90 Å². The summed E-state index contributed by atoms with van der Waals surface area (Å²) in [4.78, 5) is 28.5. The monoisotopic (exact) mass is 548 g/mol. The van der Waals surface area contributed by atoms with Crippen molar-refractivity contribution in [3.05, 3.63) is 77.7 Å². The number of hydrogen-bond donors (Lipinski definition) is 1. The number of carbonyl (C=O) groups excluding carboxylic acids is 2. The van der Waals surface area contributed by atoms with E-state index in [0.29, 0.717) is 6.42 Å². The maximum absolute atomic E-state index is 13.3. The van der Waals surface area contributed by atoms with Gasteiger partial charge in [0.1, 0.15) is 6.54 Å². The fraction of sp³-hybridized carbons (Fsp3) is 0.360. The van der Waals surface area contributed by atoms with Crippen molar-refractivity contribution in [1.82, 2.24) is 18.8 Å². The third kappa shape index (κ3) is 7.48. The fourth-order valence-electron chi connectivity index (χ4n) is 3.88. The number of benzene rings is 2. The SMILES string of the molecule is C=CS(=O)(=O)NC[C@H]1CCN(S(=O)(=O)c2ccc(C(=O)N(CC(=O)N(C)C)Cc3ccccc3)cc2)C1. The van der Waals surface area contributed by atoms with E-state index < -0.39 is 26.0 Å². The van der Waals surface area contributed by atoms with Crippen LogP contribution in [0.15, 0.2) is 71.5 Å². The molecule has 3 rings (SSSR count). The van der Waals surface area contributed by atoms with Crippen molar-refractivity contribution in [3.8, 4) is 0 Å². The summed E-state index contributed by atoms with van der Waals surface area (Å²) < 4.78 is 53.1. The van der Waals surface area contributed by atoms with Crippen LogP contribution in [0, 0.1) is 5.92 Å². The molecule has 1 aliphatic heterocycles. The third-order valence-corrected chi connectivity index (χ3v) is 9.00. The third-order valence-electron chi connectivity index (χ3n) is 6.11.